The van der Waals surface area contributed by atoms with E-state index in [0.717, 1.165) is 30.1 Å². The molecule has 20 heavy (non-hydrogen) atoms. The molecule has 0 aliphatic carbocycles. The van der Waals surface area contributed by atoms with E-state index in [0.29, 0.717) is 12.8 Å². The molecule has 1 aromatic rings. The zero-order valence-electron chi connectivity index (χ0n) is 12.0. The summed E-state index contributed by atoms with van der Waals surface area (Å²) in [4.78, 5) is 2.50. The fourth-order valence-corrected chi connectivity index (χ4v) is 3.84. The van der Waals surface area contributed by atoms with Crippen LogP contribution >= 0.6 is 0 Å². The molecule has 0 aromatic heterocycles. The number of benzene rings is 1. The van der Waals surface area contributed by atoms with Gasteiger partial charge in [0.1, 0.15) is 0 Å². The smallest absolute Gasteiger partial charge is 0.231 e. The maximum Gasteiger partial charge on any atom is 0.231 e. The first-order valence-corrected chi connectivity index (χ1v) is 7.63. The molecule has 0 saturated carbocycles. The Hall–Kier alpha value is -1.26. The molecular formula is C16H22N2O2. The quantitative estimate of drug-likeness (QED) is 0.915. The van der Waals surface area contributed by atoms with E-state index >= 15 is 0 Å². The highest BCUT2D eigenvalue weighted by atomic mass is 16.7. The van der Waals surface area contributed by atoms with E-state index in [1.54, 1.807) is 0 Å². The van der Waals surface area contributed by atoms with Gasteiger partial charge in [-0.25, -0.2) is 0 Å². The van der Waals surface area contributed by atoms with Crippen molar-refractivity contribution in [2.75, 3.05) is 13.8 Å². The van der Waals surface area contributed by atoms with Crippen molar-refractivity contribution in [3.8, 4) is 11.5 Å². The van der Waals surface area contributed by atoms with Gasteiger partial charge in [0, 0.05) is 24.7 Å². The molecule has 2 fully saturated rings. The monoisotopic (exact) mass is 274 g/mol. The molecule has 3 aliphatic rings. The fraction of sp³-hybridized carbons (Fsp3) is 0.625. The maximum absolute atomic E-state index is 5.46. The minimum Gasteiger partial charge on any atom is -0.454 e. The zero-order chi connectivity index (χ0) is 13.5. The number of nitrogens with one attached hydrogen (secondary N) is 1. The number of rotatable bonds is 3. The highest BCUT2D eigenvalue weighted by Gasteiger charge is 2.35. The van der Waals surface area contributed by atoms with Gasteiger partial charge in [0.2, 0.25) is 6.79 Å². The van der Waals surface area contributed by atoms with Crippen LogP contribution in [0.25, 0.3) is 0 Å². The van der Waals surface area contributed by atoms with Crippen molar-refractivity contribution in [3.63, 3.8) is 0 Å². The molecule has 0 amide bonds. The molecule has 2 unspecified atom stereocenters. The molecular weight excluding hydrogens is 252 g/mol. The summed E-state index contributed by atoms with van der Waals surface area (Å²) in [5, 5.41) is 3.71. The van der Waals surface area contributed by atoms with Gasteiger partial charge in [0.15, 0.2) is 11.5 Å². The van der Waals surface area contributed by atoms with E-state index in [1.165, 1.54) is 31.2 Å². The van der Waals surface area contributed by atoms with Crippen LogP contribution in [0.5, 0.6) is 11.5 Å². The molecule has 2 bridgehead atoms. The van der Waals surface area contributed by atoms with Crippen LogP contribution in [0.4, 0.5) is 0 Å². The van der Waals surface area contributed by atoms with Crippen LogP contribution in [-0.2, 0) is 6.54 Å². The van der Waals surface area contributed by atoms with Crippen molar-refractivity contribution in [3.05, 3.63) is 23.8 Å². The highest BCUT2D eigenvalue weighted by Crippen LogP contribution is 2.34. The first kappa shape index (κ1) is 12.5. The van der Waals surface area contributed by atoms with Gasteiger partial charge in [-0.1, -0.05) is 6.07 Å². The minimum atomic E-state index is 0.353. The van der Waals surface area contributed by atoms with E-state index in [4.69, 9.17) is 9.47 Å². The van der Waals surface area contributed by atoms with Crippen LogP contribution in [0.15, 0.2) is 18.2 Å². The number of hydrogen-bond acceptors (Lipinski definition) is 4. The van der Waals surface area contributed by atoms with Gasteiger partial charge in [-0.05, 0) is 50.4 Å². The largest absolute Gasteiger partial charge is 0.454 e. The van der Waals surface area contributed by atoms with E-state index in [-0.39, 0.29) is 0 Å². The number of fused-ring (bicyclic) bond motifs is 3. The molecule has 4 heteroatoms. The maximum atomic E-state index is 5.46. The highest BCUT2D eigenvalue weighted by molar-refractivity contribution is 5.44. The zero-order valence-corrected chi connectivity index (χ0v) is 12.0. The van der Waals surface area contributed by atoms with Gasteiger partial charge in [-0.3, -0.25) is 4.90 Å². The molecule has 0 radical (unpaired) electrons. The number of nitrogens with zero attached hydrogens (tertiary/aromatic N) is 1. The van der Waals surface area contributed by atoms with Crippen LogP contribution in [0.3, 0.4) is 0 Å². The predicted octanol–water partition coefficient (Wildman–Crippen LogP) is 2.13. The SMILES string of the molecule is CN(Cc1ccc2c(c1)OCO2)C1CC2CCC(C1)N2. The lowest BCUT2D eigenvalue weighted by atomic mass is 9.98. The Morgan fingerprint density at radius 3 is 2.70 bits per heavy atom. The Labute approximate surface area is 120 Å². The second-order valence-corrected chi connectivity index (χ2v) is 6.37. The molecule has 0 spiro atoms. The third kappa shape index (κ3) is 2.27. The van der Waals surface area contributed by atoms with Crippen molar-refractivity contribution in [1.82, 2.24) is 10.2 Å². The molecule has 4 rings (SSSR count). The summed E-state index contributed by atoms with van der Waals surface area (Å²) in [6.45, 7) is 1.34. The van der Waals surface area contributed by atoms with E-state index in [2.05, 4.69) is 29.4 Å². The molecule has 2 saturated heterocycles. The van der Waals surface area contributed by atoms with Crippen LogP contribution < -0.4 is 14.8 Å². The van der Waals surface area contributed by atoms with Gasteiger partial charge in [-0.2, -0.15) is 0 Å². The van der Waals surface area contributed by atoms with Crippen LogP contribution in [-0.4, -0.2) is 36.9 Å². The van der Waals surface area contributed by atoms with Gasteiger partial charge in [-0.15, -0.1) is 0 Å². The Kier molecular flexibility index (Phi) is 3.08. The van der Waals surface area contributed by atoms with Crippen LogP contribution in [0.2, 0.25) is 0 Å². The lowest BCUT2D eigenvalue weighted by molar-refractivity contribution is 0.165. The summed E-state index contributed by atoms with van der Waals surface area (Å²) in [5.74, 6) is 1.76. The summed E-state index contributed by atoms with van der Waals surface area (Å²) >= 11 is 0. The van der Waals surface area contributed by atoms with E-state index in [9.17, 15) is 0 Å². The molecule has 2 atom stereocenters. The van der Waals surface area contributed by atoms with E-state index < -0.39 is 0 Å². The number of piperidine rings is 1. The summed E-state index contributed by atoms with van der Waals surface area (Å²) in [7, 11) is 2.25. The average molecular weight is 274 g/mol. The number of hydrogen-bond donors (Lipinski definition) is 1. The lowest BCUT2D eigenvalue weighted by Crippen LogP contribution is -2.46. The van der Waals surface area contributed by atoms with Crippen molar-refractivity contribution >= 4 is 0 Å². The van der Waals surface area contributed by atoms with Gasteiger partial charge < -0.3 is 14.8 Å². The molecule has 1 aromatic carbocycles. The second kappa shape index (κ2) is 4.93. The normalized spacial score (nSPS) is 31.0. The first-order valence-electron chi connectivity index (χ1n) is 7.63. The van der Waals surface area contributed by atoms with Gasteiger partial charge >= 0.3 is 0 Å². The molecule has 3 heterocycles. The fourth-order valence-electron chi connectivity index (χ4n) is 3.84. The van der Waals surface area contributed by atoms with Crippen LogP contribution in [0, 0.1) is 0 Å². The predicted molar refractivity (Wildman–Crippen MR) is 77.0 cm³/mol. The average Bonchev–Trinajstić information content (AvgIpc) is 3.04. The third-order valence-corrected chi connectivity index (χ3v) is 4.94. The topological polar surface area (TPSA) is 33.7 Å². The lowest BCUT2D eigenvalue weighted by Gasteiger charge is -2.35. The summed E-state index contributed by atoms with van der Waals surface area (Å²) in [6.07, 6.45) is 5.30. The molecule has 1 N–H and O–H groups in total. The summed E-state index contributed by atoms with van der Waals surface area (Å²) < 4.78 is 10.8. The number of ether oxygens (including phenoxy) is 2. The van der Waals surface area contributed by atoms with Gasteiger partial charge in [0.25, 0.3) is 0 Å². The van der Waals surface area contributed by atoms with Gasteiger partial charge in [0.05, 0.1) is 0 Å². The first-order chi connectivity index (χ1) is 9.78. The van der Waals surface area contributed by atoms with Crippen molar-refractivity contribution in [1.29, 1.82) is 0 Å². The van der Waals surface area contributed by atoms with E-state index in [1.807, 2.05) is 6.07 Å². The second-order valence-electron chi connectivity index (χ2n) is 6.37. The van der Waals surface area contributed by atoms with Crippen LogP contribution in [0.1, 0.15) is 31.2 Å². The summed E-state index contributed by atoms with van der Waals surface area (Å²) in [5.41, 5.74) is 1.31. The summed E-state index contributed by atoms with van der Waals surface area (Å²) in [6, 6.07) is 8.50. The Morgan fingerprint density at radius 1 is 1.15 bits per heavy atom. The third-order valence-electron chi connectivity index (χ3n) is 4.94. The molecule has 4 nitrogen and oxygen atoms in total. The minimum absolute atomic E-state index is 0.353. The Bertz CT molecular complexity index is 493. The standard InChI is InChI=1S/C16H22N2O2/c1-18(14-7-12-3-4-13(8-14)17-12)9-11-2-5-15-16(6-11)20-10-19-15/h2,5-6,12-14,17H,3-4,7-10H2,1H3. The Morgan fingerprint density at radius 2 is 1.90 bits per heavy atom. The molecule has 108 valence electrons. The molecule has 3 aliphatic heterocycles. The Balaban J connectivity index is 1.43. The van der Waals surface area contributed by atoms with Crippen molar-refractivity contribution in [2.24, 2.45) is 0 Å². The van der Waals surface area contributed by atoms with Crippen molar-refractivity contribution < 1.29 is 9.47 Å². The van der Waals surface area contributed by atoms with Crippen molar-refractivity contribution in [2.45, 2.75) is 50.4 Å².